The predicted octanol–water partition coefficient (Wildman–Crippen LogP) is 2.32. The molecule has 4 heteroatoms. The molecular weight excluding hydrogens is 270 g/mol. The Hall–Kier alpha value is -0.650. The number of halogens is 2. The van der Waals surface area contributed by atoms with Gasteiger partial charge in [-0.15, -0.1) is 0 Å². The fourth-order valence-electron chi connectivity index (χ4n) is 1.19. The van der Waals surface area contributed by atoms with Crippen LogP contribution in [-0.2, 0) is 7.05 Å². The Morgan fingerprint density at radius 2 is 2.25 bits per heavy atom. The van der Waals surface area contributed by atoms with E-state index in [4.69, 9.17) is 0 Å². The lowest BCUT2D eigenvalue weighted by molar-refractivity contribution is 0.589. The Morgan fingerprint density at radius 3 is 3.00 bits per heavy atom. The molecule has 0 radical (unpaired) electrons. The molecule has 2 nitrogen and oxygen atoms in total. The maximum absolute atomic E-state index is 12.7. The summed E-state index contributed by atoms with van der Waals surface area (Å²) in [5.41, 5.74) is 1.69. The van der Waals surface area contributed by atoms with Gasteiger partial charge in [-0.25, -0.2) is 4.98 Å². The van der Waals surface area contributed by atoms with E-state index in [9.17, 15) is 4.39 Å². The average Bonchev–Trinajstić information content (AvgIpc) is 2.28. The molecule has 0 spiro atoms. The van der Waals surface area contributed by atoms with Crippen LogP contribution >= 0.6 is 22.6 Å². The molecular formula is C8H6FIN2. The smallest absolute Gasteiger partial charge is 0.213 e. The molecule has 0 saturated carbocycles. The van der Waals surface area contributed by atoms with Crippen molar-refractivity contribution < 1.29 is 4.39 Å². The first-order valence-electron chi connectivity index (χ1n) is 3.45. The standard InChI is InChI=1S/C8H6FIN2/c1-12-4-5(10)8-6(12)2-3-7(9)11-8/h2-4H,1H3. The molecule has 0 amide bonds. The van der Waals surface area contributed by atoms with Crippen molar-refractivity contribution in [1.82, 2.24) is 9.55 Å². The van der Waals surface area contributed by atoms with E-state index >= 15 is 0 Å². The lowest BCUT2D eigenvalue weighted by Crippen LogP contribution is -1.86. The highest BCUT2D eigenvalue weighted by atomic mass is 127. The van der Waals surface area contributed by atoms with Gasteiger partial charge in [0.05, 0.1) is 9.09 Å². The summed E-state index contributed by atoms with van der Waals surface area (Å²) in [5, 5.41) is 0. The van der Waals surface area contributed by atoms with Crippen LogP contribution in [0.3, 0.4) is 0 Å². The first-order chi connectivity index (χ1) is 5.68. The molecule has 0 fully saturated rings. The molecule has 62 valence electrons. The van der Waals surface area contributed by atoms with Gasteiger partial charge in [0, 0.05) is 13.2 Å². The van der Waals surface area contributed by atoms with Crippen LogP contribution in [0.2, 0.25) is 0 Å². The molecule has 0 unspecified atom stereocenters. The molecule has 0 aliphatic carbocycles. The van der Waals surface area contributed by atoms with Crippen LogP contribution in [0.15, 0.2) is 18.3 Å². The van der Waals surface area contributed by atoms with Crippen LogP contribution in [0.1, 0.15) is 0 Å². The topological polar surface area (TPSA) is 17.8 Å². The van der Waals surface area contributed by atoms with Crippen molar-refractivity contribution >= 4 is 33.6 Å². The van der Waals surface area contributed by atoms with Crippen molar-refractivity contribution in [2.75, 3.05) is 0 Å². The number of aromatic nitrogens is 2. The second-order valence-corrected chi connectivity index (χ2v) is 3.75. The molecule has 2 rings (SSSR count). The van der Waals surface area contributed by atoms with Gasteiger partial charge in [0.15, 0.2) is 0 Å². The Kier molecular flexibility index (Phi) is 1.79. The van der Waals surface area contributed by atoms with E-state index in [1.54, 1.807) is 6.07 Å². The van der Waals surface area contributed by atoms with Crippen LogP contribution in [0.5, 0.6) is 0 Å². The zero-order chi connectivity index (χ0) is 8.72. The van der Waals surface area contributed by atoms with Crippen molar-refractivity contribution in [2.24, 2.45) is 7.05 Å². The molecule has 0 aliphatic heterocycles. The number of fused-ring (bicyclic) bond motifs is 1. The maximum Gasteiger partial charge on any atom is 0.213 e. The van der Waals surface area contributed by atoms with Gasteiger partial charge in [-0.05, 0) is 34.7 Å². The Balaban J connectivity index is 2.90. The molecule has 0 aliphatic rings. The third-order valence-corrected chi connectivity index (χ3v) is 2.54. The first-order valence-corrected chi connectivity index (χ1v) is 4.53. The maximum atomic E-state index is 12.7. The highest BCUT2D eigenvalue weighted by molar-refractivity contribution is 14.1. The Bertz CT molecular complexity index is 436. The summed E-state index contributed by atoms with van der Waals surface area (Å²) in [4.78, 5) is 3.80. The molecule has 2 aromatic rings. The molecule has 2 heterocycles. The highest BCUT2D eigenvalue weighted by Crippen LogP contribution is 2.19. The van der Waals surface area contributed by atoms with Crippen molar-refractivity contribution in [3.05, 3.63) is 27.8 Å². The van der Waals surface area contributed by atoms with Gasteiger partial charge in [0.2, 0.25) is 5.95 Å². The summed E-state index contributed by atoms with van der Waals surface area (Å²) < 4.78 is 15.6. The monoisotopic (exact) mass is 276 g/mol. The van der Waals surface area contributed by atoms with Gasteiger partial charge in [-0.3, -0.25) is 0 Å². The van der Waals surface area contributed by atoms with Crippen LogP contribution in [0.25, 0.3) is 11.0 Å². The van der Waals surface area contributed by atoms with E-state index in [2.05, 4.69) is 27.6 Å². The normalized spacial score (nSPS) is 10.9. The third kappa shape index (κ3) is 1.10. The molecule has 2 aromatic heterocycles. The summed E-state index contributed by atoms with van der Waals surface area (Å²) >= 11 is 2.15. The van der Waals surface area contributed by atoms with E-state index in [1.807, 2.05) is 17.8 Å². The molecule has 12 heavy (non-hydrogen) atoms. The minimum atomic E-state index is -0.424. The van der Waals surface area contributed by atoms with Crippen molar-refractivity contribution in [1.29, 1.82) is 0 Å². The zero-order valence-electron chi connectivity index (χ0n) is 6.38. The third-order valence-electron chi connectivity index (χ3n) is 1.75. The van der Waals surface area contributed by atoms with E-state index < -0.39 is 5.95 Å². The van der Waals surface area contributed by atoms with E-state index in [0.29, 0.717) is 0 Å². The minimum absolute atomic E-state index is 0.424. The highest BCUT2D eigenvalue weighted by Gasteiger charge is 2.05. The van der Waals surface area contributed by atoms with Gasteiger partial charge in [0.25, 0.3) is 0 Å². The number of hydrogen-bond donors (Lipinski definition) is 0. The fourth-order valence-corrected chi connectivity index (χ4v) is 2.00. The van der Waals surface area contributed by atoms with E-state index in [1.165, 1.54) is 6.07 Å². The minimum Gasteiger partial charge on any atom is -0.348 e. The van der Waals surface area contributed by atoms with Crippen LogP contribution in [0.4, 0.5) is 4.39 Å². The number of nitrogens with zero attached hydrogens (tertiary/aromatic N) is 2. The fraction of sp³-hybridized carbons (Fsp3) is 0.125. The summed E-state index contributed by atoms with van der Waals surface area (Å²) in [6, 6.07) is 3.11. The van der Waals surface area contributed by atoms with Crippen LogP contribution in [0, 0.1) is 9.52 Å². The Morgan fingerprint density at radius 1 is 1.50 bits per heavy atom. The summed E-state index contributed by atoms with van der Waals surface area (Å²) in [7, 11) is 1.92. The number of rotatable bonds is 0. The average molecular weight is 276 g/mol. The summed E-state index contributed by atoms with van der Waals surface area (Å²) in [6.07, 6.45) is 1.93. The lowest BCUT2D eigenvalue weighted by atomic mass is 10.4. The Labute approximate surface area is 82.5 Å². The molecule has 0 saturated heterocycles. The van der Waals surface area contributed by atoms with Crippen molar-refractivity contribution in [3.8, 4) is 0 Å². The second-order valence-electron chi connectivity index (χ2n) is 2.59. The van der Waals surface area contributed by atoms with Gasteiger partial charge < -0.3 is 4.57 Å². The van der Waals surface area contributed by atoms with Crippen molar-refractivity contribution in [2.45, 2.75) is 0 Å². The largest absolute Gasteiger partial charge is 0.348 e. The molecule has 0 N–H and O–H groups in total. The number of pyridine rings is 1. The van der Waals surface area contributed by atoms with Crippen LogP contribution < -0.4 is 0 Å². The first kappa shape index (κ1) is 7.97. The molecule has 0 aromatic carbocycles. The summed E-state index contributed by atoms with van der Waals surface area (Å²) in [5.74, 6) is -0.424. The van der Waals surface area contributed by atoms with Gasteiger partial charge in [-0.2, -0.15) is 4.39 Å². The van der Waals surface area contributed by atoms with E-state index in [0.717, 1.165) is 14.6 Å². The van der Waals surface area contributed by atoms with Gasteiger partial charge in [0.1, 0.15) is 5.52 Å². The second kappa shape index (κ2) is 2.69. The number of hydrogen-bond acceptors (Lipinski definition) is 1. The quantitative estimate of drug-likeness (QED) is 0.533. The van der Waals surface area contributed by atoms with Gasteiger partial charge >= 0.3 is 0 Å². The van der Waals surface area contributed by atoms with Gasteiger partial charge in [-0.1, -0.05) is 0 Å². The van der Waals surface area contributed by atoms with Crippen molar-refractivity contribution in [3.63, 3.8) is 0 Å². The summed E-state index contributed by atoms with van der Waals surface area (Å²) in [6.45, 7) is 0. The molecule has 0 atom stereocenters. The molecule has 0 bridgehead atoms. The lowest BCUT2D eigenvalue weighted by Gasteiger charge is -1.93. The SMILES string of the molecule is Cn1cc(I)c2nc(F)ccc21. The zero-order valence-corrected chi connectivity index (χ0v) is 8.54. The predicted molar refractivity (Wildman–Crippen MR) is 53.4 cm³/mol. The van der Waals surface area contributed by atoms with Crippen LogP contribution in [-0.4, -0.2) is 9.55 Å². The van der Waals surface area contributed by atoms with E-state index in [-0.39, 0.29) is 0 Å². The number of aryl methyl sites for hydroxylation is 1.